The van der Waals surface area contributed by atoms with Crippen LogP contribution in [0.25, 0.3) is 0 Å². The highest BCUT2D eigenvalue weighted by Gasteiger charge is 2.38. The Bertz CT molecular complexity index is 902. The van der Waals surface area contributed by atoms with E-state index in [-0.39, 0.29) is 23.3 Å². The van der Waals surface area contributed by atoms with Crippen LogP contribution in [0.3, 0.4) is 0 Å². The van der Waals surface area contributed by atoms with Gasteiger partial charge in [-0.15, -0.1) is 0 Å². The first-order chi connectivity index (χ1) is 14.2. The average molecular weight is 417 g/mol. The number of H-pyrrole nitrogens is 1. The van der Waals surface area contributed by atoms with Gasteiger partial charge in [-0.1, -0.05) is 6.92 Å². The first kappa shape index (κ1) is 22.0. The number of aryl methyl sites for hydroxylation is 1. The van der Waals surface area contributed by atoms with E-state index in [0.29, 0.717) is 36.2 Å². The highest BCUT2D eigenvalue weighted by Crippen LogP contribution is 2.48. The molecule has 2 heterocycles. The quantitative estimate of drug-likeness (QED) is 0.612. The Labute approximate surface area is 176 Å². The number of methoxy groups -OCH3 is 1. The normalized spacial score (nSPS) is 21.2. The van der Waals surface area contributed by atoms with E-state index in [1.807, 2.05) is 19.9 Å². The van der Waals surface area contributed by atoms with Crippen LogP contribution in [0.1, 0.15) is 74.2 Å². The summed E-state index contributed by atoms with van der Waals surface area (Å²) in [5.41, 5.74) is 2.10. The van der Waals surface area contributed by atoms with Gasteiger partial charge in [0.2, 0.25) is 5.91 Å². The van der Waals surface area contributed by atoms with Crippen LogP contribution in [-0.2, 0) is 23.2 Å². The van der Waals surface area contributed by atoms with E-state index in [1.54, 1.807) is 20.2 Å². The molecule has 2 aromatic heterocycles. The molecule has 0 unspecified atom stereocenters. The fraction of sp³-hybridized carbons (Fsp3) is 0.619. The summed E-state index contributed by atoms with van der Waals surface area (Å²) in [6.07, 6.45) is 3.42. The Kier molecular flexibility index (Phi) is 6.60. The number of aromatic amines is 1. The molecule has 2 amide bonds. The van der Waals surface area contributed by atoms with Crippen LogP contribution in [0, 0.1) is 5.41 Å². The van der Waals surface area contributed by atoms with Crippen LogP contribution in [0.4, 0.5) is 5.82 Å². The first-order valence-electron chi connectivity index (χ1n) is 10.4. The number of hydrogen-bond donors (Lipinski definition) is 3. The van der Waals surface area contributed by atoms with Gasteiger partial charge in [0.15, 0.2) is 5.82 Å². The van der Waals surface area contributed by atoms with Gasteiger partial charge in [-0.2, -0.15) is 10.2 Å². The summed E-state index contributed by atoms with van der Waals surface area (Å²) in [7, 11) is 3.31. The van der Waals surface area contributed by atoms with Crippen molar-refractivity contribution in [3.05, 3.63) is 29.2 Å². The lowest BCUT2D eigenvalue weighted by atomic mass is 9.83. The van der Waals surface area contributed by atoms with E-state index in [4.69, 9.17) is 4.74 Å². The number of aromatic nitrogens is 4. The van der Waals surface area contributed by atoms with Crippen molar-refractivity contribution in [1.82, 2.24) is 25.3 Å². The van der Waals surface area contributed by atoms with Crippen LogP contribution in [0.5, 0.6) is 0 Å². The molecular formula is C21H32N6O3. The molecule has 0 radical (unpaired) electrons. The molecule has 1 saturated carbocycles. The van der Waals surface area contributed by atoms with Crippen molar-refractivity contribution in [2.75, 3.05) is 12.4 Å². The van der Waals surface area contributed by atoms with Gasteiger partial charge in [-0.05, 0) is 44.6 Å². The zero-order valence-electron chi connectivity index (χ0n) is 18.4. The number of anilines is 1. The Morgan fingerprint density at radius 3 is 2.87 bits per heavy atom. The highest BCUT2D eigenvalue weighted by molar-refractivity contribution is 6.02. The van der Waals surface area contributed by atoms with Crippen molar-refractivity contribution in [3.63, 3.8) is 0 Å². The van der Waals surface area contributed by atoms with Gasteiger partial charge in [0, 0.05) is 44.3 Å². The van der Waals surface area contributed by atoms with E-state index < -0.39 is 0 Å². The number of nitrogens with one attached hydrogen (secondary N) is 3. The van der Waals surface area contributed by atoms with Gasteiger partial charge in [-0.25, -0.2) is 0 Å². The minimum Gasteiger partial charge on any atom is -0.378 e. The van der Waals surface area contributed by atoms with Crippen LogP contribution >= 0.6 is 0 Å². The van der Waals surface area contributed by atoms with Gasteiger partial charge in [0.1, 0.15) is 5.69 Å². The first-order valence-corrected chi connectivity index (χ1v) is 10.4. The smallest absolute Gasteiger partial charge is 0.275 e. The highest BCUT2D eigenvalue weighted by atomic mass is 16.5. The second-order valence-electron chi connectivity index (χ2n) is 8.89. The number of hydrogen-bond acceptors (Lipinski definition) is 5. The van der Waals surface area contributed by atoms with Crippen LogP contribution in [0.15, 0.2) is 12.1 Å². The molecule has 3 N–H and O–H groups in total. The Morgan fingerprint density at radius 1 is 1.40 bits per heavy atom. The summed E-state index contributed by atoms with van der Waals surface area (Å²) >= 11 is 0. The number of amides is 2. The zero-order valence-corrected chi connectivity index (χ0v) is 18.4. The van der Waals surface area contributed by atoms with Crippen molar-refractivity contribution in [2.24, 2.45) is 12.5 Å². The van der Waals surface area contributed by atoms with E-state index in [9.17, 15) is 9.59 Å². The predicted molar refractivity (Wildman–Crippen MR) is 113 cm³/mol. The Morgan fingerprint density at radius 2 is 2.17 bits per heavy atom. The maximum Gasteiger partial charge on any atom is 0.275 e. The molecule has 0 aromatic carbocycles. The fourth-order valence-electron chi connectivity index (χ4n) is 4.26. The molecule has 164 valence electrons. The van der Waals surface area contributed by atoms with E-state index in [2.05, 4.69) is 32.9 Å². The molecule has 30 heavy (non-hydrogen) atoms. The summed E-state index contributed by atoms with van der Waals surface area (Å²) < 4.78 is 6.59. The predicted octanol–water partition coefficient (Wildman–Crippen LogP) is 2.73. The standard InChI is InChI=1S/C21H32N6O3/c1-13(2)22-19(28)11-21(3)7-6-14(10-21)16-9-18(25-24-16)23-20(29)17-8-15(12-30-5)26-27(17)4/h8-9,13-14H,6-7,10-12H2,1-5H3,(H,22,28)(H2,23,24,25,29)/t14-,21+/m0/s1. The molecule has 2 aromatic rings. The summed E-state index contributed by atoms with van der Waals surface area (Å²) in [6.45, 7) is 6.47. The molecule has 0 bridgehead atoms. The van der Waals surface area contributed by atoms with Crippen LogP contribution in [-0.4, -0.2) is 44.9 Å². The van der Waals surface area contributed by atoms with Crippen molar-refractivity contribution >= 4 is 17.6 Å². The molecule has 9 nitrogen and oxygen atoms in total. The Hall–Kier alpha value is -2.68. The largest absolute Gasteiger partial charge is 0.378 e. The number of carbonyl (C=O) groups excluding carboxylic acids is 2. The SMILES string of the molecule is COCc1cc(C(=O)Nc2cc([C@H]3CC[C@@](C)(CC(=O)NC(C)C)C3)[nH]n2)n(C)n1. The van der Waals surface area contributed by atoms with Crippen molar-refractivity contribution < 1.29 is 14.3 Å². The second kappa shape index (κ2) is 8.99. The summed E-state index contributed by atoms with van der Waals surface area (Å²) in [5, 5.41) is 17.4. The second-order valence-corrected chi connectivity index (χ2v) is 8.89. The van der Waals surface area contributed by atoms with E-state index >= 15 is 0 Å². The zero-order chi connectivity index (χ0) is 21.9. The third-order valence-corrected chi connectivity index (χ3v) is 5.61. The molecule has 0 spiro atoms. The lowest BCUT2D eigenvalue weighted by Crippen LogP contribution is -2.33. The molecule has 0 aliphatic heterocycles. The fourth-order valence-corrected chi connectivity index (χ4v) is 4.26. The van der Waals surface area contributed by atoms with Crippen LogP contribution < -0.4 is 10.6 Å². The summed E-state index contributed by atoms with van der Waals surface area (Å²) in [5.74, 6) is 0.613. The van der Waals surface area contributed by atoms with Gasteiger partial charge >= 0.3 is 0 Å². The van der Waals surface area contributed by atoms with Crippen molar-refractivity contribution in [1.29, 1.82) is 0 Å². The summed E-state index contributed by atoms with van der Waals surface area (Å²) in [4.78, 5) is 24.8. The number of rotatable bonds is 8. The molecular weight excluding hydrogens is 384 g/mol. The van der Waals surface area contributed by atoms with Crippen molar-refractivity contribution in [2.45, 2.75) is 65.0 Å². The number of nitrogens with zero attached hydrogens (tertiary/aromatic N) is 3. The summed E-state index contributed by atoms with van der Waals surface area (Å²) in [6, 6.07) is 3.74. The molecule has 1 fully saturated rings. The minimum atomic E-state index is -0.271. The van der Waals surface area contributed by atoms with Gasteiger partial charge < -0.3 is 15.4 Å². The van der Waals surface area contributed by atoms with E-state index in [0.717, 1.165) is 25.0 Å². The molecule has 9 heteroatoms. The number of carbonyl (C=O) groups is 2. The molecule has 1 aliphatic rings. The lowest BCUT2D eigenvalue weighted by molar-refractivity contribution is -0.123. The number of ether oxygens (including phenoxy) is 1. The lowest BCUT2D eigenvalue weighted by Gasteiger charge is -2.24. The van der Waals surface area contributed by atoms with Crippen molar-refractivity contribution in [3.8, 4) is 0 Å². The maximum atomic E-state index is 12.6. The average Bonchev–Trinajstić information content (AvgIpc) is 3.33. The van der Waals surface area contributed by atoms with Gasteiger partial charge in [0.05, 0.1) is 12.3 Å². The van der Waals surface area contributed by atoms with Crippen LogP contribution in [0.2, 0.25) is 0 Å². The molecule has 0 saturated heterocycles. The molecule has 1 aliphatic carbocycles. The third-order valence-electron chi connectivity index (χ3n) is 5.61. The van der Waals surface area contributed by atoms with Gasteiger partial charge in [0.25, 0.3) is 5.91 Å². The topological polar surface area (TPSA) is 114 Å². The Balaban J connectivity index is 1.60. The third kappa shape index (κ3) is 5.27. The molecule has 3 rings (SSSR count). The minimum absolute atomic E-state index is 0.0232. The molecule has 2 atom stereocenters. The van der Waals surface area contributed by atoms with Gasteiger partial charge in [-0.3, -0.25) is 19.4 Å². The maximum absolute atomic E-state index is 12.6. The monoisotopic (exact) mass is 416 g/mol. The van der Waals surface area contributed by atoms with E-state index in [1.165, 1.54) is 4.68 Å².